The van der Waals surface area contributed by atoms with E-state index in [1.54, 1.807) is 63.0 Å². The van der Waals surface area contributed by atoms with Gasteiger partial charge in [0.05, 0.1) is 42.7 Å². The molecule has 2 N–H and O–H groups in total. The number of alkyl halides is 1. The van der Waals surface area contributed by atoms with E-state index in [0.29, 0.717) is 21.2 Å². The third kappa shape index (κ3) is 15.7. The van der Waals surface area contributed by atoms with Gasteiger partial charge in [-0.05, 0) is 82.5 Å². The topological polar surface area (TPSA) is 116 Å². The molecule has 18 heteroatoms. The van der Waals surface area contributed by atoms with Gasteiger partial charge in [0.1, 0.15) is 22.6 Å². The number of hydrogen-bond acceptors (Lipinski definition) is 8. The molecule has 1 saturated heterocycles. The second-order valence-electron chi connectivity index (χ2n) is 15.8. The molecule has 0 spiro atoms. The fraction of sp³-hybridized carbons (Fsp3) is 0.356. The van der Waals surface area contributed by atoms with Crippen molar-refractivity contribution in [2.45, 2.75) is 71.8 Å². The van der Waals surface area contributed by atoms with Gasteiger partial charge in [-0.25, -0.2) is 13.2 Å². The van der Waals surface area contributed by atoms with Crippen LogP contribution in [0, 0.1) is 17.5 Å². The highest BCUT2D eigenvalue weighted by atomic mass is 79.9. The van der Waals surface area contributed by atoms with Gasteiger partial charge in [-0.3, -0.25) is 14.0 Å². The molecule has 63 heavy (non-hydrogen) atoms. The van der Waals surface area contributed by atoms with Crippen molar-refractivity contribution in [3.63, 3.8) is 0 Å². The molecule has 0 aliphatic carbocycles. The van der Waals surface area contributed by atoms with Crippen LogP contribution in [0.4, 0.5) is 13.2 Å². The van der Waals surface area contributed by atoms with E-state index >= 15 is 0 Å². The van der Waals surface area contributed by atoms with Crippen LogP contribution in [0.15, 0.2) is 107 Å². The van der Waals surface area contributed by atoms with Crippen molar-refractivity contribution in [3.05, 3.63) is 141 Å². The van der Waals surface area contributed by atoms with Gasteiger partial charge < -0.3 is 24.4 Å². The number of aliphatic hydroxyl groups is 2. The van der Waals surface area contributed by atoms with Crippen molar-refractivity contribution in [2.24, 2.45) is 21.1 Å². The minimum absolute atomic E-state index is 0.194. The smallest absolute Gasteiger partial charge is 0.399 e. The van der Waals surface area contributed by atoms with Crippen molar-refractivity contribution in [2.75, 3.05) is 14.1 Å². The maximum absolute atomic E-state index is 13.4. The first-order valence-corrected chi connectivity index (χ1v) is 21.3. The summed E-state index contributed by atoms with van der Waals surface area (Å²) in [5.74, 6) is -0.846. The molecule has 0 radical (unpaired) electrons. The van der Waals surface area contributed by atoms with E-state index in [1.807, 2.05) is 106 Å². The number of aliphatic hydroxyl groups excluding tert-OH is 2. The second kappa shape index (κ2) is 24.0. The average molecular weight is 978 g/mol. The molecule has 7 rings (SSSR count). The third-order valence-corrected chi connectivity index (χ3v) is 11.2. The van der Waals surface area contributed by atoms with Gasteiger partial charge in [0.15, 0.2) is 0 Å². The summed E-state index contributed by atoms with van der Waals surface area (Å²) in [5, 5.41) is 30.4. The number of aromatic nitrogens is 6. The second-order valence-corrected chi connectivity index (χ2v) is 17.4. The number of allylic oxidation sites excluding steroid dienone is 1. The summed E-state index contributed by atoms with van der Waals surface area (Å²) in [5.41, 5.74) is 6.04. The van der Waals surface area contributed by atoms with Crippen LogP contribution in [0.5, 0.6) is 0 Å². The van der Waals surface area contributed by atoms with E-state index in [4.69, 9.17) is 42.7 Å². The zero-order chi connectivity index (χ0) is 47.2. The number of aryl methyl sites for hydroxylation is 3. The Kier molecular flexibility index (Phi) is 20.2. The van der Waals surface area contributed by atoms with E-state index in [0.717, 1.165) is 38.4 Å². The summed E-state index contributed by atoms with van der Waals surface area (Å²) in [6.45, 7) is 11.6. The molecule has 0 amide bonds. The lowest BCUT2D eigenvalue weighted by Crippen LogP contribution is -2.41. The first-order valence-electron chi connectivity index (χ1n) is 19.6. The van der Waals surface area contributed by atoms with Gasteiger partial charge in [0.2, 0.25) is 0 Å². The van der Waals surface area contributed by atoms with E-state index < -0.39 is 0 Å². The fourth-order valence-corrected chi connectivity index (χ4v) is 6.02. The fourth-order valence-electron chi connectivity index (χ4n) is 5.47. The monoisotopic (exact) mass is 975 g/mol. The van der Waals surface area contributed by atoms with Crippen LogP contribution in [0.3, 0.4) is 0 Å². The van der Waals surface area contributed by atoms with Crippen LogP contribution >= 0.6 is 39.1 Å². The Hall–Kier alpha value is -4.42. The maximum atomic E-state index is 13.4. The zero-order valence-electron chi connectivity index (χ0n) is 37.5. The molecule has 6 aromatic rings. The molecule has 3 aromatic heterocycles. The third-order valence-electron chi connectivity index (χ3n) is 9.74. The Balaban J connectivity index is 0.000000214. The van der Waals surface area contributed by atoms with E-state index in [-0.39, 0.29) is 54.9 Å². The van der Waals surface area contributed by atoms with Crippen LogP contribution in [0.1, 0.15) is 58.2 Å². The predicted molar refractivity (Wildman–Crippen MR) is 250 cm³/mol. The highest BCUT2D eigenvalue weighted by molar-refractivity contribution is 9.10. The van der Waals surface area contributed by atoms with Gasteiger partial charge in [0, 0.05) is 97.8 Å². The molecule has 0 atom stereocenters. The Bertz CT molecular complexity index is 2310. The first kappa shape index (κ1) is 52.9. The number of nitrogens with zero attached hydrogens (tertiary/aromatic N) is 7. The van der Waals surface area contributed by atoms with Crippen molar-refractivity contribution in [3.8, 4) is 22.3 Å². The average Bonchev–Trinajstić information content (AvgIpc) is 4.02. The normalized spacial score (nSPS) is 13.3. The molecular formula is C45H56BBrCl2F3N7O4. The van der Waals surface area contributed by atoms with Crippen molar-refractivity contribution < 1.29 is 32.7 Å². The molecule has 3 aromatic carbocycles. The largest absolute Gasteiger partial charge is 0.498 e. The van der Waals surface area contributed by atoms with Crippen LogP contribution < -0.4 is 5.46 Å². The van der Waals surface area contributed by atoms with Crippen LogP contribution in [-0.4, -0.2) is 76.9 Å². The van der Waals surface area contributed by atoms with Crippen molar-refractivity contribution in [1.82, 2.24) is 34.2 Å². The van der Waals surface area contributed by atoms with Gasteiger partial charge in [0.25, 0.3) is 0 Å². The molecule has 11 nitrogen and oxygen atoms in total. The van der Waals surface area contributed by atoms with Crippen LogP contribution in [0.25, 0.3) is 22.3 Å². The van der Waals surface area contributed by atoms with E-state index in [9.17, 15) is 13.2 Å². The standard InChI is InChI=1S/C11H10ClFN2.C11H11FN2O.C10H17BN2O2.C7H6BrFO.C6H12ClN/c1-15-7-10(6-14-15)8-2-3-9(5-12)11(13)4-8;1-14-6-10(5-13-14)8-2-3-9(7-15)11(12)4-8;1-9(2)10(3,4)15-11(14-9)8-6-12-13(5)7-8;8-6-2-1-5(4-10)7(9)3-6;1-5(2)6(7)8(3)4/h2-4,6-7H,5H2,1H3;2-6,15H,7H2,1H3;6-7H,1-5H3;1-3,10H,4H2;1-4H3. The molecule has 0 saturated carbocycles. The summed E-state index contributed by atoms with van der Waals surface area (Å²) in [4.78, 5) is 1.89. The summed E-state index contributed by atoms with van der Waals surface area (Å²) in [6, 6.07) is 14.3. The lowest BCUT2D eigenvalue weighted by Gasteiger charge is -2.32. The van der Waals surface area contributed by atoms with Crippen molar-refractivity contribution in [1.29, 1.82) is 0 Å². The molecule has 1 aliphatic rings. The predicted octanol–water partition coefficient (Wildman–Crippen LogP) is 9.52. The minimum Gasteiger partial charge on any atom is -0.399 e. The summed E-state index contributed by atoms with van der Waals surface area (Å²) in [6.07, 6.45) is 10.7. The number of benzene rings is 3. The summed E-state index contributed by atoms with van der Waals surface area (Å²) >= 11 is 14.4. The number of halogens is 6. The summed E-state index contributed by atoms with van der Waals surface area (Å²) < 4.78 is 57.0. The van der Waals surface area contributed by atoms with Gasteiger partial charge in [-0.2, -0.15) is 15.3 Å². The van der Waals surface area contributed by atoms with E-state index in [1.165, 1.54) is 18.2 Å². The van der Waals surface area contributed by atoms with E-state index in [2.05, 4.69) is 31.2 Å². The van der Waals surface area contributed by atoms with Crippen molar-refractivity contribution >= 4 is 51.7 Å². The van der Waals surface area contributed by atoms with Gasteiger partial charge in [-0.1, -0.05) is 57.9 Å². The first-order chi connectivity index (χ1) is 29.5. The quantitative estimate of drug-likeness (QED) is 0.0925. The van der Waals surface area contributed by atoms with Gasteiger partial charge >= 0.3 is 7.12 Å². The SMILES string of the molecule is CC(C)=C(Cl)N(C)C.Cn1cc(-c2ccc(CCl)c(F)c2)cn1.Cn1cc(-c2ccc(CO)c(F)c2)cn1.Cn1cc(B2OC(C)(C)C(C)(C)O2)cn1.OCc1ccc(Br)cc1F. The molecule has 1 aliphatic heterocycles. The zero-order valence-corrected chi connectivity index (χ0v) is 40.6. The number of rotatable bonds is 7. The molecular weight excluding hydrogens is 921 g/mol. The Labute approximate surface area is 387 Å². The Morgan fingerprint density at radius 3 is 1.41 bits per heavy atom. The highest BCUT2D eigenvalue weighted by Gasteiger charge is 2.52. The molecule has 0 unspecified atom stereocenters. The van der Waals surface area contributed by atoms with Gasteiger partial charge in [-0.15, -0.1) is 11.6 Å². The Morgan fingerprint density at radius 1 is 0.683 bits per heavy atom. The highest BCUT2D eigenvalue weighted by Crippen LogP contribution is 2.36. The molecule has 340 valence electrons. The number of hydrogen-bond donors (Lipinski definition) is 2. The van der Waals surface area contributed by atoms with Crippen LogP contribution in [0.2, 0.25) is 0 Å². The molecule has 0 bridgehead atoms. The molecule has 4 heterocycles. The van der Waals surface area contributed by atoms with Crippen LogP contribution in [-0.2, 0) is 49.5 Å². The summed E-state index contributed by atoms with van der Waals surface area (Å²) in [7, 11) is 9.07. The maximum Gasteiger partial charge on any atom is 0.498 e. The minimum atomic E-state index is -0.390. The molecule has 1 fully saturated rings. The lowest BCUT2D eigenvalue weighted by atomic mass is 9.82. The Morgan fingerprint density at radius 2 is 1.10 bits per heavy atom. The lowest BCUT2D eigenvalue weighted by molar-refractivity contribution is 0.00578.